The van der Waals surface area contributed by atoms with Gasteiger partial charge in [0.25, 0.3) is 0 Å². The van der Waals surface area contributed by atoms with Crippen molar-refractivity contribution in [2.24, 2.45) is 0 Å². The lowest BCUT2D eigenvalue weighted by Crippen LogP contribution is -2.08. The van der Waals surface area contributed by atoms with E-state index >= 15 is 0 Å². The van der Waals surface area contributed by atoms with E-state index in [9.17, 15) is 9.90 Å². The molecule has 0 aromatic heterocycles. The average Bonchev–Trinajstić information content (AvgIpc) is 2.20. The number of hydrogen-bond donors (Lipinski definition) is 1. The lowest BCUT2D eigenvalue weighted by molar-refractivity contribution is 0.0522. The summed E-state index contributed by atoms with van der Waals surface area (Å²) in [7, 11) is 0. The summed E-state index contributed by atoms with van der Waals surface area (Å²) in [4.78, 5) is 11.5. The van der Waals surface area contributed by atoms with E-state index in [2.05, 4.69) is 0 Å². The van der Waals surface area contributed by atoms with E-state index in [1.54, 1.807) is 13.0 Å². The van der Waals surface area contributed by atoms with Crippen LogP contribution in [-0.4, -0.2) is 23.8 Å². The number of phenols is 1. The van der Waals surface area contributed by atoms with Gasteiger partial charge in [-0.05, 0) is 39.0 Å². The Balaban J connectivity index is 2.94. The fourth-order valence-corrected chi connectivity index (χ4v) is 1.23. The van der Waals surface area contributed by atoms with Gasteiger partial charge in [-0.1, -0.05) is 0 Å². The first-order chi connectivity index (χ1) is 7.54. The van der Waals surface area contributed by atoms with Gasteiger partial charge >= 0.3 is 5.97 Å². The van der Waals surface area contributed by atoms with Crippen molar-refractivity contribution in [3.8, 4) is 11.5 Å². The SMILES string of the molecule is CCOC(=O)c1cc(OC(C)C)ccc1O. The summed E-state index contributed by atoms with van der Waals surface area (Å²) in [5.41, 5.74) is 0.125. The van der Waals surface area contributed by atoms with E-state index in [1.165, 1.54) is 12.1 Å². The quantitative estimate of drug-likeness (QED) is 0.797. The topological polar surface area (TPSA) is 55.8 Å². The summed E-state index contributed by atoms with van der Waals surface area (Å²) in [5, 5.41) is 9.51. The zero-order chi connectivity index (χ0) is 12.1. The van der Waals surface area contributed by atoms with E-state index in [0.717, 1.165) is 0 Å². The molecule has 0 saturated carbocycles. The van der Waals surface area contributed by atoms with Crippen molar-refractivity contribution in [2.75, 3.05) is 6.61 Å². The molecule has 0 aliphatic heterocycles. The van der Waals surface area contributed by atoms with Crippen molar-refractivity contribution >= 4 is 5.97 Å². The highest BCUT2D eigenvalue weighted by molar-refractivity contribution is 5.92. The van der Waals surface area contributed by atoms with Gasteiger partial charge in [-0.25, -0.2) is 4.79 Å². The maximum Gasteiger partial charge on any atom is 0.342 e. The molecule has 0 heterocycles. The summed E-state index contributed by atoms with van der Waals surface area (Å²) in [6.45, 7) is 5.75. The van der Waals surface area contributed by atoms with Gasteiger partial charge in [0.1, 0.15) is 17.1 Å². The summed E-state index contributed by atoms with van der Waals surface area (Å²) < 4.78 is 10.2. The predicted molar refractivity (Wildman–Crippen MR) is 59.8 cm³/mol. The Bertz CT molecular complexity index is 371. The molecule has 1 rings (SSSR count). The van der Waals surface area contributed by atoms with Crippen LogP contribution in [-0.2, 0) is 4.74 Å². The Kier molecular flexibility index (Phi) is 4.17. The number of benzene rings is 1. The molecule has 4 heteroatoms. The summed E-state index contributed by atoms with van der Waals surface area (Å²) in [5.74, 6) is -0.111. The maximum atomic E-state index is 11.5. The third-order valence-corrected chi connectivity index (χ3v) is 1.84. The first-order valence-corrected chi connectivity index (χ1v) is 5.21. The van der Waals surface area contributed by atoms with Crippen molar-refractivity contribution in [1.29, 1.82) is 0 Å². The Morgan fingerprint density at radius 1 is 1.44 bits per heavy atom. The first kappa shape index (κ1) is 12.4. The van der Waals surface area contributed by atoms with Gasteiger partial charge in [0, 0.05) is 0 Å². The second kappa shape index (κ2) is 5.39. The predicted octanol–water partition coefficient (Wildman–Crippen LogP) is 2.36. The van der Waals surface area contributed by atoms with Gasteiger partial charge in [0.15, 0.2) is 0 Å². The molecule has 0 spiro atoms. The Hall–Kier alpha value is -1.71. The third-order valence-electron chi connectivity index (χ3n) is 1.84. The van der Waals surface area contributed by atoms with E-state index in [-0.39, 0.29) is 24.0 Å². The fraction of sp³-hybridized carbons (Fsp3) is 0.417. The average molecular weight is 224 g/mol. The fourth-order valence-electron chi connectivity index (χ4n) is 1.23. The van der Waals surface area contributed by atoms with Crippen LogP contribution >= 0.6 is 0 Å². The Labute approximate surface area is 94.8 Å². The van der Waals surface area contributed by atoms with E-state index in [1.807, 2.05) is 13.8 Å². The van der Waals surface area contributed by atoms with E-state index < -0.39 is 5.97 Å². The molecule has 0 atom stereocenters. The molecule has 0 saturated heterocycles. The van der Waals surface area contributed by atoms with Gasteiger partial charge < -0.3 is 14.6 Å². The van der Waals surface area contributed by atoms with Gasteiger partial charge in [0.2, 0.25) is 0 Å². The first-order valence-electron chi connectivity index (χ1n) is 5.21. The largest absolute Gasteiger partial charge is 0.507 e. The highest BCUT2D eigenvalue weighted by Crippen LogP contribution is 2.24. The molecule has 1 aromatic rings. The Morgan fingerprint density at radius 2 is 2.12 bits per heavy atom. The van der Waals surface area contributed by atoms with Crippen molar-refractivity contribution in [3.05, 3.63) is 23.8 Å². The second-order valence-corrected chi connectivity index (χ2v) is 3.57. The van der Waals surface area contributed by atoms with Crippen molar-refractivity contribution in [1.82, 2.24) is 0 Å². The molecule has 0 unspecified atom stereocenters. The van der Waals surface area contributed by atoms with Gasteiger partial charge in [-0.15, -0.1) is 0 Å². The molecular weight excluding hydrogens is 208 g/mol. The molecule has 4 nitrogen and oxygen atoms in total. The van der Waals surface area contributed by atoms with Crippen molar-refractivity contribution < 1.29 is 19.4 Å². The highest BCUT2D eigenvalue weighted by atomic mass is 16.5. The number of carbonyl (C=O) groups is 1. The van der Waals surface area contributed by atoms with Crippen LogP contribution in [0.1, 0.15) is 31.1 Å². The Morgan fingerprint density at radius 3 is 2.69 bits per heavy atom. The van der Waals surface area contributed by atoms with Crippen LogP contribution in [0, 0.1) is 0 Å². The zero-order valence-electron chi connectivity index (χ0n) is 9.69. The van der Waals surface area contributed by atoms with E-state index in [4.69, 9.17) is 9.47 Å². The standard InChI is InChI=1S/C12H16O4/c1-4-15-12(14)10-7-9(16-8(2)3)5-6-11(10)13/h5-8,13H,4H2,1-3H3. The number of hydrogen-bond acceptors (Lipinski definition) is 4. The zero-order valence-corrected chi connectivity index (χ0v) is 9.69. The number of phenolic OH excluding ortho intramolecular Hbond substituents is 1. The monoisotopic (exact) mass is 224 g/mol. The molecule has 0 bridgehead atoms. The van der Waals surface area contributed by atoms with Gasteiger partial charge in [0.05, 0.1) is 12.7 Å². The molecule has 88 valence electrons. The summed E-state index contributed by atoms with van der Waals surface area (Å²) >= 11 is 0. The van der Waals surface area contributed by atoms with Crippen LogP contribution in [0.4, 0.5) is 0 Å². The van der Waals surface area contributed by atoms with Crippen LogP contribution in [0.5, 0.6) is 11.5 Å². The minimum absolute atomic E-state index is 0.0135. The lowest BCUT2D eigenvalue weighted by atomic mass is 10.2. The lowest BCUT2D eigenvalue weighted by Gasteiger charge is -2.11. The van der Waals surface area contributed by atoms with E-state index in [0.29, 0.717) is 5.75 Å². The third kappa shape index (κ3) is 3.15. The van der Waals surface area contributed by atoms with Crippen LogP contribution < -0.4 is 4.74 Å². The molecular formula is C12H16O4. The molecule has 16 heavy (non-hydrogen) atoms. The molecule has 0 amide bonds. The molecule has 1 N–H and O–H groups in total. The van der Waals surface area contributed by atoms with Gasteiger partial charge in [-0.2, -0.15) is 0 Å². The number of ether oxygens (including phenoxy) is 2. The van der Waals surface area contributed by atoms with Crippen LogP contribution in [0.25, 0.3) is 0 Å². The smallest absolute Gasteiger partial charge is 0.342 e. The number of aromatic hydroxyl groups is 1. The van der Waals surface area contributed by atoms with Crippen LogP contribution in [0.15, 0.2) is 18.2 Å². The number of rotatable bonds is 4. The maximum absolute atomic E-state index is 11.5. The minimum atomic E-state index is -0.547. The van der Waals surface area contributed by atoms with Crippen LogP contribution in [0.3, 0.4) is 0 Å². The molecule has 1 aromatic carbocycles. The number of esters is 1. The highest BCUT2D eigenvalue weighted by Gasteiger charge is 2.13. The summed E-state index contributed by atoms with van der Waals surface area (Å²) in [6.07, 6.45) is 0.0135. The van der Waals surface area contributed by atoms with Crippen molar-refractivity contribution in [2.45, 2.75) is 26.9 Å². The molecule has 0 aliphatic carbocycles. The minimum Gasteiger partial charge on any atom is -0.507 e. The van der Waals surface area contributed by atoms with Crippen molar-refractivity contribution in [3.63, 3.8) is 0 Å². The normalized spacial score (nSPS) is 10.2. The molecule has 0 aliphatic rings. The summed E-state index contributed by atoms with van der Waals surface area (Å²) in [6, 6.07) is 4.51. The number of carbonyl (C=O) groups excluding carboxylic acids is 1. The second-order valence-electron chi connectivity index (χ2n) is 3.57. The molecule has 0 fully saturated rings. The molecule has 0 radical (unpaired) electrons. The van der Waals surface area contributed by atoms with Gasteiger partial charge in [-0.3, -0.25) is 0 Å². The van der Waals surface area contributed by atoms with Crippen LogP contribution in [0.2, 0.25) is 0 Å².